The number of fused-ring (bicyclic) bond motifs is 1. The number of carbonyl (C=O) groups is 1. The van der Waals surface area contributed by atoms with Crippen molar-refractivity contribution in [1.29, 1.82) is 0 Å². The monoisotopic (exact) mass is 372 g/mol. The van der Waals surface area contributed by atoms with Gasteiger partial charge in [0.25, 0.3) is 5.91 Å². The topological polar surface area (TPSA) is 64.8 Å². The van der Waals surface area contributed by atoms with E-state index in [1.54, 1.807) is 0 Å². The second kappa shape index (κ2) is 7.27. The minimum Gasteiger partial charge on any atom is -0.487 e. The molecule has 0 aromatic heterocycles. The van der Waals surface area contributed by atoms with Gasteiger partial charge in [0.05, 0.1) is 18.2 Å². The summed E-state index contributed by atoms with van der Waals surface area (Å²) in [6.07, 6.45) is 0.618. The van der Waals surface area contributed by atoms with Crippen LogP contribution in [0.1, 0.15) is 15.9 Å². The number of hydrogen-bond acceptors (Lipinski definition) is 4. The summed E-state index contributed by atoms with van der Waals surface area (Å²) in [5.74, 6) is 0.718. The largest absolute Gasteiger partial charge is 0.487 e. The Morgan fingerprint density at radius 1 is 1.15 bits per heavy atom. The molecule has 2 N–H and O–H groups in total. The molecular formula is C20H21ClN2O3. The molecule has 0 spiro atoms. The van der Waals surface area contributed by atoms with Gasteiger partial charge in [-0.1, -0.05) is 35.9 Å². The standard InChI is InChI=1S/C20H21ClN2O3/c21-18-6-5-15(17-11-13(12-22)26-19(17)18)14-3-1-2-4-16(14)20(24)23-7-9-25-10-8-23/h1-6,13H,7-12,22H2. The molecule has 6 heteroatoms. The van der Waals surface area contributed by atoms with Gasteiger partial charge < -0.3 is 20.1 Å². The average molecular weight is 373 g/mol. The maximum atomic E-state index is 13.1. The first-order chi connectivity index (χ1) is 12.7. The lowest BCUT2D eigenvalue weighted by Crippen LogP contribution is -2.40. The number of amides is 1. The Kier molecular flexibility index (Phi) is 4.85. The third-order valence-electron chi connectivity index (χ3n) is 4.94. The lowest BCUT2D eigenvalue weighted by atomic mass is 9.92. The van der Waals surface area contributed by atoms with Gasteiger partial charge in [0.2, 0.25) is 0 Å². The van der Waals surface area contributed by atoms with Gasteiger partial charge in [0.1, 0.15) is 11.9 Å². The smallest absolute Gasteiger partial charge is 0.254 e. The number of morpholine rings is 1. The van der Waals surface area contributed by atoms with Crippen LogP contribution in [-0.4, -0.2) is 49.8 Å². The molecule has 1 unspecified atom stereocenters. The van der Waals surface area contributed by atoms with Gasteiger partial charge in [-0.3, -0.25) is 4.79 Å². The lowest BCUT2D eigenvalue weighted by Gasteiger charge is -2.27. The van der Waals surface area contributed by atoms with E-state index in [2.05, 4.69) is 0 Å². The zero-order chi connectivity index (χ0) is 18.1. The molecule has 5 nitrogen and oxygen atoms in total. The van der Waals surface area contributed by atoms with Gasteiger partial charge in [-0.2, -0.15) is 0 Å². The number of benzene rings is 2. The van der Waals surface area contributed by atoms with Crippen LogP contribution in [0.5, 0.6) is 5.75 Å². The Hall–Kier alpha value is -2.08. The Balaban J connectivity index is 1.76. The summed E-state index contributed by atoms with van der Waals surface area (Å²) in [5, 5.41) is 0.580. The summed E-state index contributed by atoms with van der Waals surface area (Å²) in [6.45, 7) is 2.82. The summed E-state index contributed by atoms with van der Waals surface area (Å²) >= 11 is 6.32. The van der Waals surface area contributed by atoms with Crippen molar-refractivity contribution < 1.29 is 14.3 Å². The van der Waals surface area contributed by atoms with Crippen molar-refractivity contribution in [3.63, 3.8) is 0 Å². The first-order valence-electron chi connectivity index (χ1n) is 8.83. The molecule has 0 saturated carbocycles. The summed E-state index contributed by atoms with van der Waals surface area (Å²) in [4.78, 5) is 14.9. The molecule has 1 amide bonds. The van der Waals surface area contributed by atoms with Gasteiger partial charge >= 0.3 is 0 Å². The zero-order valence-electron chi connectivity index (χ0n) is 14.4. The molecule has 26 heavy (non-hydrogen) atoms. The van der Waals surface area contributed by atoms with E-state index in [9.17, 15) is 4.79 Å². The summed E-state index contributed by atoms with van der Waals surface area (Å²) < 4.78 is 11.3. The van der Waals surface area contributed by atoms with Crippen LogP contribution in [0.25, 0.3) is 11.1 Å². The van der Waals surface area contributed by atoms with E-state index in [4.69, 9.17) is 26.8 Å². The van der Waals surface area contributed by atoms with E-state index >= 15 is 0 Å². The molecule has 1 fully saturated rings. The van der Waals surface area contributed by atoms with Crippen molar-refractivity contribution in [1.82, 2.24) is 4.90 Å². The SMILES string of the molecule is NCC1Cc2c(-c3ccccc3C(=O)N3CCOCC3)ccc(Cl)c2O1. The molecule has 0 radical (unpaired) electrons. The second-order valence-electron chi connectivity index (χ2n) is 6.53. The van der Waals surface area contributed by atoms with Gasteiger partial charge in [-0.05, 0) is 23.3 Å². The number of halogens is 1. The molecule has 1 atom stereocenters. The molecule has 0 bridgehead atoms. The van der Waals surface area contributed by atoms with E-state index < -0.39 is 0 Å². The quantitative estimate of drug-likeness (QED) is 0.899. The highest BCUT2D eigenvalue weighted by molar-refractivity contribution is 6.32. The number of carbonyl (C=O) groups excluding carboxylic acids is 1. The van der Waals surface area contributed by atoms with Crippen molar-refractivity contribution in [2.24, 2.45) is 5.73 Å². The number of ether oxygens (including phenoxy) is 2. The Labute approximate surface area is 157 Å². The fourth-order valence-electron chi connectivity index (χ4n) is 3.59. The van der Waals surface area contributed by atoms with Crippen molar-refractivity contribution >= 4 is 17.5 Å². The number of hydrogen-bond donors (Lipinski definition) is 1. The molecule has 136 valence electrons. The van der Waals surface area contributed by atoms with E-state index in [-0.39, 0.29) is 12.0 Å². The normalized spacial score (nSPS) is 19.2. The molecule has 2 heterocycles. The molecule has 2 aliphatic heterocycles. The molecule has 2 aromatic rings. The van der Waals surface area contributed by atoms with Crippen LogP contribution in [0.4, 0.5) is 0 Å². The minimum absolute atomic E-state index is 0.0295. The first-order valence-corrected chi connectivity index (χ1v) is 9.21. The third-order valence-corrected chi connectivity index (χ3v) is 5.24. The van der Waals surface area contributed by atoms with E-state index in [0.717, 1.165) is 16.7 Å². The first kappa shape index (κ1) is 17.3. The molecule has 1 saturated heterocycles. The fourth-order valence-corrected chi connectivity index (χ4v) is 3.81. The van der Waals surface area contributed by atoms with Crippen molar-refractivity contribution in [2.45, 2.75) is 12.5 Å². The van der Waals surface area contributed by atoms with Crippen LogP contribution in [0, 0.1) is 0 Å². The molecular weight excluding hydrogens is 352 g/mol. The van der Waals surface area contributed by atoms with Crippen LogP contribution in [-0.2, 0) is 11.2 Å². The Morgan fingerprint density at radius 3 is 2.69 bits per heavy atom. The van der Waals surface area contributed by atoms with Gasteiger partial charge in [-0.15, -0.1) is 0 Å². The van der Waals surface area contributed by atoms with Crippen molar-refractivity contribution in [3.05, 3.63) is 52.5 Å². The highest BCUT2D eigenvalue weighted by Gasteiger charge is 2.29. The maximum absolute atomic E-state index is 13.1. The van der Waals surface area contributed by atoms with Gasteiger partial charge in [0, 0.05) is 37.2 Å². The predicted octanol–water partition coefficient (Wildman–Crippen LogP) is 2.74. The van der Waals surface area contributed by atoms with Gasteiger partial charge in [0.15, 0.2) is 0 Å². The van der Waals surface area contributed by atoms with Crippen LogP contribution in [0.15, 0.2) is 36.4 Å². The zero-order valence-corrected chi connectivity index (χ0v) is 15.2. The number of nitrogens with zero attached hydrogens (tertiary/aromatic N) is 1. The summed E-state index contributed by atoms with van der Waals surface area (Å²) in [6, 6.07) is 11.5. The average Bonchev–Trinajstić information content (AvgIpc) is 3.14. The van der Waals surface area contributed by atoms with Crippen LogP contribution in [0.3, 0.4) is 0 Å². The molecule has 2 aromatic carbocycles. The molecule has 2 aliphatic rings. The second-order valence-corrected chi connectivity index (χ2v) is 6.94. The number of nitrogens with two attached hydrogens (primary N) is 1. The highest BCUT2D eigenvalue weighted by Crippen LogP contribution is 2.42. The van der Waals surface area contributed by atoms with Gasteiger partial charge in [-0.25, -0.2) is 0 Å². The van der Waals surface area contributed by atoms with Crippen molar-refractivity contribution in [3.8, 4) is 16.9 Å². The van der Waals surface area contributed by atoms with Crippen LogP contribution >= 0.6 is 11.6 Å². The van der Waals surface area contributed by atoms with E-state index in [1.807, 2.05) is 41.3 Å². The van der Waals surface area contributed by atoms with E-state index in [1.165, 1.54) is 0 Å². The van der Waals surface area contributed by atoms with E-state index in [0.29, 0.717) is 55.6 Å². The lowest BCUT2D eigenvalue weighted by molar-refractivity contribution is 0.0303. The Morgan fingerprint density at radius 2 is 1.92 bits per heavy atom. The summed E-state index contributed by atoms with van der Waals surface area (Å²) in [7, 11) is 0. The summed E-state index contributed by atoms with van der Waals surface area (Å²) in [5.41, 5.74) is 9.39. The molecule has 4 rings (SSSR count). The highest BCUT2D eigenvalue weighted by atomic mass is 35.5. The maximum Gasteiger partial charge on any atom is 0.254 e. The van der Waals surface area contributed by atoms with Crippen LogP contribution in [0.2, 0.25) is 5.02 Å². The van der Waals surface area contributed by atoms with Crippen LogP contribution < -0.4 is 10.5 Å². The molecule has 0 aliphatic carbocycles. The minimum atomic E-state index is -0.0780. The fraction of sp³-hybridized carbons (Fsp3) is 0.350. The number of rotatable bonds is 3. The van der Waals surface area contributed by atoms with Crippen molar-refractivity contribution in [2.75, 3.05) is 32.8 Å². The Bertz CT molecular complexity index is 834. The predicted molar refractivity (Wildman–Crippen MR) is 101 cm³/mol. The third kappa shape index (κ3) is 3.07.